The highest BCUT2D eigenvalue weighted by atomic mass is 16.7. The lowest BCUT2D eigenvalue weighted by molar-refractivity contribution is -0.277. The first-order valence-corrected chi connectivity index (χ1v) is 15.0. The van der Waals surface area contributed by atoms with E-state index in [4.69, 9.17) is 23.7 Å². The molecule has 2 saturated heterocycles. The molecule has 5 rings (SSSR count). The van der Waals surface area contributed by atoms with Gasteiger partial charge in [0.15, 0.2) is 23.0 Å². The molecule has 1 amide bonds. The number of amides is 1. The van der Waals surface area contributed by atoms with Gasteiger partial charge in [-0.3, -0.25) is 9.69 Å². The summed E-state index contributed by atoms with van der Waals surface area (Å²) >= 11 is 0. The Balaban J connectivity index is 1.36. The Hall–Kier alpha value is -4.08. The van der Waals surface area contributed by atoms with Crippen molar-refractivity contribution in [3.8, 4) is 23.0 Å². The van der Waals surface area contributed by atoms with E-state index in [1.807, 2.05) is 0 Å². The number of carbonyl (C=O) groups is 2. The van der Waals surface area contributed by atoms with Crippen LogP contribution in [-0.4, -0.2) is 151 Å². The number of aromatic hydroxyl groups is 1. The number of fused-ring (bicyclic) bond motifs is 1. The molecule has 3 aliphatic heterocycles. The minimum absolute atomic E-state index is 0.0430. The van der Waals surface area contributed by atoms with Crippen molar-refractivity contribution in [3.05, 3.63) is 47.5 Å². The molecule has 0 bridgehead atoms. The number of benzene rings is 2. The highest BCUT2D eigenvalue weighted by Crippen LogP contribution is 2.42. The summed E-state index contributed by atoms with van der Waals surface area (Å²) in [6.45, 7) is -1.38. The van der Waals surface area contributed by atoms with Gasteiger partial charge in [-0.1, -0.05) is 6.07 Å². The third kappa shape index (κ3) is 7.15. The molecule has 2 fully saturated rings. The Morgan fingerprint density at radius 2 is 1.39 bits per heavy atom. The molecule has 0 radical (unpaired) electrons. The van der Waals surface area contributed by atoms with Crippen LogP contribution in [0.25, 0.3) is 6.08 Å². The number of aliphatic hydroxyl groups excluding tert-OH is 8. The molecule has 49 heavy (non-hydrogen) atoms. The van der Waals surface area contributed by atoms with Crippen LogP contribution in [0.5, 0.6) is 23.0 Å². The molecular weight excluding hydrogens is 658 g/mol. The van der Waals surface area contributed by atoms with Crippen molar-refractivity contribution in [2.24, 2.45) is 0 Å². The van der Waals surface area contributed by atoms with Crippen molar-refractivity contribution < 1.29 is 84.3 Å². The van der Waals surface area contributed by atoms with E-state index < -0.39 is 98.3 Å². The zero-order valence-electron chi connectivity index (χ0n) is 25.8. The fraction of sp³-hybridized carbons (Fsp3) is 0.484. The monoisotopic (exact) mass is 695 g/mol. The number of carbonyl (C=O) groups excluding carboxylic acids is 1. The van der Waals surface area contributed by atoms with E-state index in [-0.39, 0.29) is 34.9 Å². The smallest absolute Gasteiger partial charge is 0.327 e. The van der Waals surface area contributed by atoms with Crippen molar-refractivity contribution in [1.29, 1.82) is 0 Å². The number of aliphatic hydroxyl groups is 8. The second-order valence-corrected chi connectivity index (χ2v) is 11.6. The van der Waals surface area contributed by atoms with E-state index in [9.17, 15) is 60.7 Å². The van der Waals surface area contributed by atoms with Crippen LogP contribution >= 0.6 is 0 Å². The molecule has 0 aromatic heterocycles. The van der Waals surface area contributed by atoms with Crippen LogP contribution in [0.3, 0.4) is 0 Å². The molecule has 3 heterocycles. The summed E-state index contributed by atoms with van der Waals surface area (Å²) < 4.78 is 27.2. The summed E-state index contributed by atoms with van der Waals surface area (Å²) in [4.78, 5) is 26.6. The summed E-state index contributed by atoms with van der Waals surface area (Å²) in [5.74, 6) is -2.83. The lowest BCUT2D eigenvalue weighted by Gasteiger charge is -2.39. The number of methoxy groups -OCH3 is 1. The van der Waals surface area contributed by atoms with Gasteiger partial charge in [-0.05, 0) is 35.4 Å². The van der Waals surface area contributed by atoms with Crippen molar-refractivity contribution in [3.63, 3.8) is 0 Å². The number of nitrogens with zero attached hydrogens (tertiary/aromatic N) is 1. The van der Waals surface area contributed by atoms with Gasteiger partial charge in [0.05, 0.1) is 26.0 Å². The first-order valence-electron chi connectivity index (χ1n) is 15.0. The van der Waals surface area contributed by atoms with Crippen LogP contribution < -0.4 is 19.1 Å². The van der Waals surface area contributed by atoms with E-state index >= 15 is 0 Å². The summed E-state index contributed by atoms with van der Waals surface area (Å²) in [7, 11) is 1.31. The molecule has 11 atom stereocenters. The first-order chi connectivity index (χ1) is 23.3. The second-order valence-electron chi connectivity index (χ2n) is 11.6. The first kappa shape index (κ1) is 36.2. The van der Waals surface area contributed by atoms with Crippen LogP contribution in [0.15, 0.2) is 36.4 Å². The molecule has 3 aliphatic rings. The van der Waals surface area contributed by atoms with E-state index in [0.29, 0.717) is 5.56 Å². The summed E-state index contributed by atoms with van der Waals surface area (Å²) in [5.41, 5.74) is 0.722. The molecule has 18 nitrogen and oxygen atoms in total. The number of carboxylic acids is 1. The number of carboxylic acid groups (broad SMARTS) is 1. The zero-order chi connectivity index (χ0) is 35.7. The molecule has 18 heteroatoms. The number of ether oxygens (including phenoxy) is 5. The summed E-state index contributed by atoms with van der Waals surface area (Å²) in [5, 5.41) is 100. The lowest BCUT2D eigenvalue weighted by atomic mass is 9.99. The molecule has 0 spiro atoms. The van der Waals surface area contributed by atoms with E-state index in [1.54, 1.807) is 0 Å². The maximum absolute atomic E-state index is 13.5. The average molecular weight is 696 g/mol. The molecular formula is C31H37NO17. The summed E-state index contributed by atoms with van der Waals surface area (Å²) in [6.07, 6.45) is -13.5. The number of rotatable bonds is 10. The molecule has 268 valence electrons. The fourth-order valence-corrected chi connectivity index (χ4v) is 5.73. The third-order valence-electron chi connectivity index (χ3n) is 8.46. The van der Waals surface area contributed by atoms with Gasteiger partial charge in [-0.25, -0.2) is 4.79 Å². The minimum Gasteiger partial charge on any atom is -0.504 e. The second kappa shape index (κ2) is 14.8. The van der Waals surface area contributed by atoms with Gasteiger partial charge < -0.3 is 74.7 Å². The Labute approximate surface area is 277 Å². The zero-order valence-corrected chi connectivity index (χ0v) is 25.8. The maximum atomic E-state index is 13.5. The topological polar surface area (TPSA) is 286 Å². The molecule has 10 N–H and O–H groups in total. The van der Waals surface area contributed by atoms with Crippen LogP contribution in [-0.2, 0) is 25.5 Å². The highest BCUT2D eigenvalue weighted by molar-refractivity contribution is 6.09. The van der Waals surface area contributed by atoms with Crippen molar-refractivity contribution in [1.82, 2.24) is 0 Å². The van der Waals surface area contributed by atoms with E-state index in [1.165, 1.54) is 37.5 Å². The number of phenolic OH excluding ortho intramolecular Hbond substituents is 1. The normalized spacial score (nSPS) is 32.9. The summed E-state index contributed by atoms with van der Waals surface area (Å²) in [6, 6.07) is 5.30. The maximum Gasteiger partial charge on any atom is 0.327 e. The lowest BCUT2D eigenvalue weighted by Crippen LogP contribution is -2.60. The predicted octanol–water partition coefficient (Wildman–Crippen LogP) is -3.19. The number of phenols is 1. The Kier molecular flexibility index (Phi) is 10.9. The van der Waals surface area contributed by atoms with Gasteiger partial charge in [-0.2, -0.15) is 0 Å². The highest BCUT2D eigenvalue weighted by Gasteiger charge is 2.46. The van der Waals surface area contributed by atoms with Gasteiger partial charge in [0, 0.05) is 18.6 Å². The van der Waals surface area contributed by atoms with Crippen molar-refractivity contribution in [2.45, 2.75) is 73.9 Å². The fourth-order valence-electron chi connectivity index (χ4n) is 5.73. The minimum atomic E-state index is -1.80. The SMILES string of the molecule is COc1cc(C=CC(=O)N2c3cc(O[C@H]4O[C@@H](CO)[C@@H](O)[C@@H](O)[C@H]4O)c(O)cc3C[C@@H]2C(=O)O)ccc1O[C@H]1O[C@@H](CO)[C@H](O)[C@@H](O)[C@@H]1O. The Bertz CT molecular complexity index is 1550. The average Bonchev–Trinajstić information content (AvgIpc) is 3.46. The molecule has 2 aromatic rings. The number of hydrogen-bond acceptors (Lipinski definition) is 16. The van der Waals surface area contributed by atoms with Crippen LogP contribution in [0.2, 0.25) is 0 Å². The Morgan fingerprint density at radius 3 is 1.92 bits per heavy atom. The number of hydrogen-bond donors (Lipinski definition) is 10. The quantitative estimate of drug-likeness (QED) is 0.110. The van der Waals surface area contributed by atoms with Gasteiger partial charge >= 0.3 is 5.97 Å². The molecule has 0 aliphatic carbocycles. The molecule has 0 unspecified atom stereocenters. The van der Waals surface area contributed by atoms with E-state index in [0.717, 1.165) is 17.0 Å². The van der Waals surface area contributed by atoms with Gasteiger partial charge in [0.2, 0.25) is 12.6 Å². The predicted molar refractivity (Wildman–Crippen MR) is 162 cm³/mol. The largest absolute Gasteiger partial charge is 0.504 e. The van der Waals surface area contributed by atoms with Gasteiger partial charge in [0.1, 0.15) is 54.9 Å². The van der Waals surface area contributed by atoms with E-state index in [2.05, 4.69) is 0 Å². The van der Waals surface area contributed by atoms with Gasteiger partial charge in [-0.15, -0.1) is 0 Å². The van der Waals surface area contributed by atoms with Crippen LogP contribution in [0.1, 0.15) is 11.1 Å². The van der Waals surface area contributed by atoms with Crippen molar-refractivity contribution in [2.75, 3.05) is 25.2 Å². The van der Waals surface area contributed by atoms with Gasteiger partial charge in [0.25, 0.3) is 5.91 Å². The standard InChI is InChI=1S/C31H37NO17/c1-45-19-6-12(2-4-17(19)46-30-27(41)25(39)23(37)20(10-33)48-30)3-5-22(36)32-14-9-18(16(35)8-13(14)7-15(32)29(43)44)47-31-28(42)26(40)24(38)21(11-34)49-31/h2-6,8-9,15,20-21,23-28,30-31,33-35,37-42H,7,10-11H2,1H3,(H,43,44)/t15-,20+,21+,23+,24-,25-,26-,27+,28-,30+,31+/m1/s1. The molecule has 2 aromatic carbocycles. The van der Waals surface area contributed by atoms with Crippen molar-refractivity contribution >= 4 is 23.6 Å². The number of anilines is 1. The Morgan fingerprint density at radius 1 is 0.816 bits per heavy atom. The number of aliphatic carboxylic acids is 1. The third-order valence-corrected chi connectivity index (χ3v) is 8.46. The van der Waals surface area contributed by atoms with Crippen LogP contribution in [0, 0.1) is 0 Å². The van der Waals surface area contributed by atoms with Crippen LogP contribution in [0.4, 0.5) is 5.69 Å². The molecule has 0 saturated carbocycles.